The number of carboxylic acids is 1. The van der Waals surface area contributed by atoms with Crippen molar-refractivity contribution in [2.45, 2.75) is 25.2 Å². The quantitative estimate of drug-likeness (QED) is 0.758. The Morgan fingerprint density at radius 2 is 2.08 bits per heavy atom. The molecule has 25 heavy (non-hydrogen) atoms. The lowest BCUT2D eigenvalue weighted by Gasteiger charge is -2.34. The Balaban J connectivity index is 1.75. The maximum atomic E-state index is 13.4. The summed E-state index contributed by atoms with van der Waals surface area (Å²) >= 11 is 0. The minimum absolute atomic E-state index is 0.0286. The summed E-state index contributed by atoms with van der Waals surface area (Å²) in [5, 5.41) is 14.7. The molecule has 1 fully saturated rings. The molecule has 1 atom stereocenters. The summed E-state index contributed by atoms with van der Waals surface area (Å²) in [6, 6.07) is 3.87. The summed E-state index contributed by atoms with van der Waals surface area (Å²) in [7, 11) is 0. The summed E-state index contributed by atoms with van der Waals surface area (Å²) in [5.41, 5.74) is -0.263. The number of hydrogen-bond acceptors (Lipinski definition) is 4. The van der Waals surface area contributed by atoms with E-state index < -0.39 is 29.0 Å². The van der Waals surface area contributed by atoms with E-state index in [1.165, 1.54) is 18.2 Å². The fourth-order valence-electron chi connectivity index (χ4n) is 3.28. The van der Waals surface area contributed by atoms with Crippen LogP contribution < -0.4 is 10.6 Å². The number of carboxylic acid groups (broad SMARTS) is 1. The minimum Gasteiger partial charge on any atom is -0.481 e. The lowest BCUT2D eigenvalue weighted by atomic mass is 9.80. The number of carbonyl (C=O) groups is 3. The van der Waals surface area contributed by atoms with Crippen LogP contribution in [0.15, 0.2) is 18.2 Å². The summed E-state index contributed by atoms with van der Waals surface area (Å²) < 4.78 is 18.6. The Morgan fingerprint density at radius 3 is 2.76 bits per heavy atom. The molecule has 0 aliphatic carbocycles. The Kier molecular flexibility index (Phi) is 4.71. The third-order valence-corrected chi connectivity index (χ3v) is 4.88. The highest BCUT2D eigenvalue weighted by Gasteiger charge is 2.41. The Hall–Kier alpha value is -2.48. The van der Waals surface area contributed by atoms with Crippen molar-refractivity contribution in [1.82, 2.24) is 5.32 Å². The van der Waals surface area contributed by atoms with Crippen molar-refractivity contribution in [2.75, 3.05) is 25.1 Å². The molecule has 0 saturated carbocycles. The van der Waals surface area contributed by atoms with Crippen molar-refractivity contribution in [1.29, 1.82) is 0 Å². The highest BCUT2D eigenvalue weighted by molar-refractivity contribution is 6.01. The first-order valence-electron chi connectivity index (χ1n) is 8.09. The van der Waals surface area contributed by atoms with Crippen LogP contribution in [0.4, 0.5) is 10.1 Å². The van der Waals surface area contributed by atoms with Crippen molar-refractivity contribution in [3.05, 3.63) is 29.6 Å². The molecule has 7 nitrogen and oxygen atoms in total. The highest BCUT2D eigenvalue weighted by atomic mass is 19.1. The fraction of sp³-hybridized carbons (Fsp3) is 0.471. The van der Waals surface area contributed by atoms with Gasteiger partial charge in [-0.15, -0.1) is 0 Å². The molecule has 2 amide bonds. The van der Waals surface area contributed by atoms with E-state index in [1.54, 1.807) is 0 Å². The van der Waals surface area contributed by atoms with Crippen LogP contribution in [-0.4, -0.2) is 42.6 Å². The molecule has 8 heteroatoms. The van der Waals surface area contributed by atoms with Gasteiger partial charge in [0, 0.05) is 31.9 Å². The van der Waals surface area contributed by atoms with E-state index in [-0.39, 0.29) is 24.6 Å². The van der Waals surface area contributed by atoms with Gasteiger partial charge < -0.3 is 20.5 Å². The lowest BCUT2D eigenvalue weighted by Crippen LogP contribution is -2.48. The van der Waals surface area contributed by atoms with Crippen molar-refractivity contribution in [3.8, 4) is 0 Å². The van der Waals surface area contributed by atoms with Crippen LogP contribution in [0.25, 0.3) is 0 Å². The molecule has 2 aliphatic heterocycles. The van der Waals surface area contributed by atoms with E-state index in [0.717, 1.165) is 0 Å². The van der Waals surface area contributed by atoms with Gasteiger partial charge in [-0.25, -0.2) is 4.39 Å². The van der Waals surface area contributed by atoms with Gasteiger partial charge in [0.15, 0.2) is 0 Å². The van der Waals surface area contributed by atoms with Crippen LogP contribution in [0.2, 0.25) is 0 Å². The largest absolute Gasteiger partial charge is 0.481 e. The molecule has 3 N–H and O–H groups in total. The lowest BCUT2D eigenvalue weighted by molar-refractivity contribution is -0.154. The zero-order chi connectivity index (χ0) is 18.0. The molecule has 0 aromatic heterocycles. The number of hydrogen-bond donors (Lipinski definition) is 3. The van der Waals surface area contributed by atoms with E-state index in [2.05, 4.69) is 10.6 Å². The first kappa shape index (κ1) is 17.3. The normalized spacial score (nSPS) is 21.8. The molecule has 0 spiro atoms. The molecule has 0 radical (unpaired) electrons. The maximum Gasteiger partial charge on any atom is 0.311 e. The average Bonchev–Trinajstić information content (AvgIpc) is 2.59. The molecule has 1 aromatic carbocycles. The standard InChI is InChI=1S/C17H19FN2O5/c18-10-1-2-11-12(8-14(21)20-13(11)7-10)15(22)19-9-17(16(23)24)3-5-25-6-4-17/h1-2,7,12H,3-6,8-9H2,(H,19,22)(H,20,21)(H,23,24). The van der Waals surface area contributed by atoms with Crippen LogP contribution >= 0.6 is 0 Å². The Morgan fingerprint density at radius 1 is 1.36 bits per heavy atom. The molecule has 1 unspecified atom stereocenters. The van der Waals surface area contributed by atoms with E-state index in [1.807, 2.05) is 0 Å². The molecule has 1 aromatic rings. The Bertz CT molecular complexity index is 715. The number of rotatable bonds is 4. The van der Waals surface area contributed by atoms with Gasteiger partial charge in [0.05, 0.1) is 11.3 Å². The van der Waals surface area contributed by atoms with Crippen LogP contribution in [0.1, 0.15) is 30.7 Å². The Labute approximate surface area is 143 Å². The number of carbonyl (C=O) groups excluding carboxylic acids is 2. The number of anilines is 1. The zero-order valence-corrected chi connectivity index (χ0v) is 13.5. The zero-order valence-electron chi connectivity index (χ0n) is 13.5. The number of halogens is 1. The van der Waals surface area contributed by atoms with E-state index in [4.69, 9.17) is 4.74 Å². The van der Waals surface area contributed by atoms with Gasteiger partial charge >= 0.3 is 5.97 Å². The van der Waals surface area contributed by atoms with E-state index in [0.29, 0.717) is 31.6 Å². The second-order valence-electron chi connectivity index (χ2n) is 6.45. The van der Waals surface area contributed by atoms with Crippen molar-refractivity contribution < 1.29 is 28.6 Å². The summed E-state index contributed by atoms with van der Waals surface area (Å²) in [5.74, 6) is -3.06. The third-order valence-electron chi connectivity index (χ3n) is 4.88. The molecule has 1 saturated heterocycles. The number of nitrogens with one attached hydrogen (secondary N) is 2. The predicted molar refractivity (Wildman–Crippen MR) is 85.5 cm³/mol. The van der Waals surface area contributed by atoms with Gasteiger partial charge in [-0.05, 0) is 30.5 Å². The molecule has 3 rings (SSSR count). The minimum atomic E-state index is -1.06. The van der Waals surface area contributed by atoms with Crippen LogP contribution in [0.3, 0.4) is 0 Å². The molecular weight excluding hydrogens is 331 g/mol. The molecular formula is C17H19FN2O5. The van der Waals surface area contributed by atoms with Gasteiger partial charge in [-0.2, -0.15) is 0 Å². The third kappa shape index (κ3) is 3.48. The smallest absolute Gasteiger partial charge is 0.311 e. The van der Waals surface area contributed by atoms with Gasteiger partial charge in [0.25, 0.3) is 0 Å². The number of fused-ring (bicyclic) bond motifs is 1. The summed E-state index contributed by atoms with van der Waals surface area (Å²) in [6.45, 7) is 0.630. The first-order valence-corrected chi connectivity index (χ1v) is 8.09. The van der Waals surface area contributed by atoms with Gasteiger partial charge in [0.2, 0.25) is 11.8 Å². The molecule has 0 bridgehead atoms. The van der Waals surface area contributed by atoms with Gasteiger partial charge in [-0.1, -0.05) is 6.07 Å². The molecule has 2 aliphatic rings. The first-order chi connectivity index (χ1) is 11.9. The second kappa shape index (κ2) is 6.79. The van der Waals surface area contributed by atoms with Crippen molar-refractivity contribution in [2.24, 2.45) is 5.41 Å². The molecule has 2 heterocycles. The van der Waals surface area contributed by atoms with E-state index in [9.17, 15) is 23.9 Å². The SMILES string of the molecule is O=C1CC(C(=O)NCC2(C(=O)O)CCOCC2)c2ccc(F)cc2N1. The van der Waals surface area contributed by atoms with E-state index >= 15 is 0 Å². The summed E-state index contributed by atoms with van der Waals surface area (Å²) in [4.78, 5) is 36.0. The number of ether oxygens (including phenoxy) is 1. The monoisotopic (exact) mass is 350 g/mol. The van der Waals surface area contributed by atoms with Crippen LogP contribution in [-0.2, 0) is 19.1 Å². The van der Waals surface area contributed by atoms with Crippen molar-refractivity contribution >= 4 is 23.5 Å². The molecule has 134 valence electrons. The number of benzene rings is 1. The van der Waals surface area contributed by atoms with Crippen LogP contribution in [0.5, 0.6) is 0 Å². The number of aliphatic carboxylic acids is 1. The van der Waals surface area contributed by atoms with Crippen molar-refractivity contribution in [3.63, 3.8) is 0 Å². The average molecular weight is 350 g/mol. The predicted octanol–water partition coefficient (Wildman–Crippen LogP) is 1.25. The topological polar surface area (TPSA) is 105 Å². The highest BCUT2D eigenvalue weighted by Crippen LogP contribution is 2.34. The van der Waals surface area contributed by atoms with Crippen LogP contribution in [0, 0.1) is 11.2 Å². The second-order valence-corrected chi connectivity index (χ2v) is 6.45. The fourth-order valence-corrected chi connectivity index (χ4v) is 3.28. The maximum absolute atomic E-state index is 13.4. The number of amides is 2. The van der Waals surface area contributed by atoms with Gasteiger partial charge in [0.1, 0.15) is 5.82 Å². The summed E-state index contributed by atoms with van der Waals surface area (Å²) in [6.07, 6.45) is 0.568. The van der Waals surface area contributed by atoms with Gasteiger partial charge in [-0.3, -0.25) is 14.4 Å².